The van der Waals surface area contributed by atoms with Gasteiger partial charge in [0, 0.05) is 10.9 Å². The van der Waals surface area contributed by atoms with Crippen LogP contribution in [0.5, 0.6) is 5.75 Å². The van der Waals surface area contributed by atoms with Crippen LogP contribution in [0.1, 0.15) is 31.5 Å². The minimum atomic E-state index is 0.445. The summed E-state index contributed by atoms with van der Waals surface area (Å²) in [7, 11) is 0. The summed E-state index contributed by atoms with van der Waals surface area (Å²) in [6, 6.07) is 8.61. The fraction of sp³-hybridized carbons (Fsp3) is 0.400. The highest BCUT2D eigenvalue weighted by atomic mass is 32.1. The largest absolute Gasteiger partial charge is 0.494 e. The Kier molecular flexibility index (Phi) is 3.80. The molecule has 1 aromatic heterocycles. The lowest BCUT2D eigenvalue weighted by Gasteiger charge is -2.06. The lowest BCUT2D eigenvalue weighted by molar-refractivity contribution is 0.340. The van der Waals surface area contributed by atoms with Gasteiger partial charge in [0.15, 0.2) is 0 Å². The van der Waals surface area contributed by atoms with E-state index >= 15 is 0 Å². The van der Waals surface area contributed by atoms with Crippen LogP contribution in [0.15, 0.2) is 29.6 Å². The second kappa shape index (κ2) is 5.72. The summed E-state index contributed by atoms with van der Waals surface area (Å²) in [4.78, 5) is 4.76. The van der Waals surface area contributed by atoms with E-state index in [-0.39, 0.29) is 0 Å². The second-order valence-corrected chi connectivity index (χ2v) is 5.55. The number of hydrogen-bond donors (Lipinski definition) is 1. The lowest BCUT2D eigenvalue weighted by Crippen LogP contribution is -2.12. The van der Waals surface area contributed by atoms with Crippen LogP contribution < -0.4 is 10.1 Å². The van der Waals surface area contributed by atoms with E-state index in [0.717, 1.165) is 22.9 Å². The third-order valence-electron chi connectivity index (χ3n) is 3.33. The molecule has 3 nitrogen and oxygen atoms in total. The van der Waals surface area contributed by atoms with Crippen molar-refractivity contribution in [2.24, 2.45) is 0 Å². The topological polar surface area (TPSA) is 34.1 Å². The Labute approximate surface area is 117 Å². The van der Waals surface area contributed by atoms with Gasteiger partial charge < -0.3 is 10.1 Å². The maximum Gasteiger partial charge on any atom is 0.123 e. The number of nitrogens with one attached hydrogen (secondary N) is 1. The molecule has 19 heavy (non-hydrogen) atoms. The highest BCUT2D eigenvalue weighted by Crippen LogP contribution is 2.31. The van der Waals surface area contributed by atoms with Gasteiger partial charge in [-0.05, 0) is 38.4 Å². The van der Waals surface area contributed by atoms with Gasteiger partial charge in [0.25, 0.3) is 0 Å². The van der Waals surface area contributed by atoms with Crippen molar-refractivity contribution < 1.29 is 4.74 Å². The Balaban J connectivity index is 1.83. The van der Waals surface area contributed by atoms with Crippen molar-refractivity contribution in [2.75, 3.05) is 13.2 Å². The highest BCUT2D eigenvalue weighted by Gasteiger charge is 2.19. The minimum absolute atomic E-state index is 0.445. The maximum absolute atomic E-state index is 5.54. The molecule has 0 saturated carbocycles. The number of ether oxygens (including phenoxy) is 1. The number of hydrogen-bond acceptors (Lipinski definition) is 4. The van der Waals surface area contributed by atoms with Crippen molar-refractivity contribution in [1.29, 1.82) is 0 Å². The molecule has 0 unspecified atom stereocenters. The summed E-state index contributed by atoms with van der Waals surface area (Å²) in [6.07, 6.45) is 2.44. The van der Waals surface area contributed by atoms with Gasteiger partial charge in [-0.3, -0.25) is 0 Å². The van der Waals surface area contributed by atoms with Gasteiger partial charge in [0.2, 0.25) is 0 Å². The van der Waals surface area contributed by atoms with E-state index in [1.807, 2.05) is 19.1 Å². The average molecular weight is 274 g/mol. The van der Waals surface area contributed by atoms with Crippen LogP contribution in [0.25, 0.3) is 10.6 Å². The standard InChI is InChI=1S/C15H18N2OS/c1-2-18-12-6-3-5-11(9-12)15-17-14(10-19-15)13-7-4-8-16-13/h3,5-6,9-10,13,16H,2,4,7-8H2,1H3/t13-/m0/s1. The second-order valence-electron chi connectivity index (χ2n) is 4.69. The van der Waals surface area contributed by atoms with Crippen molar-refractivity contribution in [3.63, 3.8) is 0 Å². The summed E-state index contributed by atoms with van der Waals surface area (Å²) >= 11 is 1.71. The van der Waals surface area contributed by atoms with E-state index in [9.17, 15) is 0 Å². The summed E-state index contributed by atoms with van der Waals surface area (Å²) in [5, 5.41) is 6.74. The van der Waals surface area contributed by atoms with Gasteiger partial charge in [-0.15, -0.1) is 11.3 Å². The highest BCUT2D eigenvalue weighted by molar-refractivity contribution is 7.13. The Hall–Kier alpha value is -1.39. The van der Waals surface area contributed by atoms with E-state index < -0.39 is 0 Å². The zero-order valence-corrected chi connectivity index (χ0v) is 11.9. The predicted octanol–water partition coefficient (Wildman–Crippen LogP) is 3.63. The molecular formula is C15H18N2OS. The fourth-order valence-electron chi connectivity index (χ4n) is 2.40. The Morgan fingerprint density at radius 3 is 3.21 bits per heavy atom. The molecule has 2 heterocycles. The minimum Gasteiger partial charge on any atom is -0.494 e. The van der Waals surface area contributed by atoms with E-state index in [1.165, 1.54) is 18.5 Å². The van der Waals surface area contributed by atoms with Crippen molar-refractivity contribution in [3.8, 4) is 16.3 Å². The van der Waals surface area contributed by atoms with Gasteiger partial charge in [0.05, 0.1) is 18.3 Å². The average Bonchev–Trinajstić information content (AvgIpc) is 3.11. The molecule has 1 N–H and O–H groups in total. The molecule has 3 rings (SSSR count). The number of thiazole rings is 1. The summed E-state index contributed by atoms with van der Waals surface area (Å²) in [5.74, 6) is 0.913. The monoisotopic (exact) mass is 274 g/mol. The first-order valence-electron chi connectivity index (χ1n) is 6.79. The van der Waals surface area contributed by atoms with Gasteiger partial charge in [-0.2, -0.15) is 0 Å². The molecule has 1 fully saturated rings. The van der Waals surface area contributed by atoms with Crippen LogP contribution in [-0.2, 0) is 0 Å². The summed E-state index contributed by atoms with van der Waals surface area (Å²) in [6.45, 7) is 3.80. The molecular weight excluding hydrogens is 256 g/mol. The zero-order chi connectivity index (χ0) is 13.1. The van der Waals surface area contributed by atoms with E-state index in [4.69, 9.17) is 9.72 Å². The number of benzene rings is 1. The van der Waals surface area contributed by atoms with Crippen molar-refractivity contribution in [1.82, 2.24) is 10.3 Å². The quantitative estimate of drug-likeness (QED) is 0.924. The Bertz CT molecular complexity index is 547. The first-order chi connectivity index (χ1) is 9.36. The SMILES string of the molecule is CCOc1cccc(-c2nc([C@@H]3CCCN3)cs2)c1. The third kappa shape index (κ3) is 2.80. The molecule has 2 aromatic rings. The Morgan fingerprint density at radius 2 is 2.42 bits per heavy atom. The van der Waals surface area contributed by atoms with Crippen LogP contribution in [-0.4, -0.2) is 18.1 Å². The van der Waals surface area contributed by atoms with Crippen LogP contribution in [0.4, 0.5) is 0 Å². The first-order valence-corrected chi connectivity index (χ1v) is 7.67. The Morgan fingerprint density at radius 1 is 1.47 bits per heavy atom. The normalized spacial score (nSPS) is 18.7. The van der Waals surface area contributed by atoms with Crippen LogP contribution in [0.3, 0.4) is 0 Å². The van der Waals surface area contributed by atoms with Gasteiger partial charge in [0.1, 0.15) is 10.8 Å². The van der Waals surface area contributed by atoms with Crippen LogP contribution in [0, 0.1) is 0 Å². The summed E-state index contributed by atoms with van der Waals surface area (Å²) < 4.78 is 5.54. The fourth-order valence-corrected chi connectivity index (χ4v) is 3.27. The molecule has 1 saturated heterocycles. The molecule has 0 amide bonds. The van der Waals surface area contributed by atoms with Gasteiger partial charge >= 0.3 is 0 Å². The van der Waals surface area contributed by atoms with Crippen molar-refractivity contribution in [3.05, 3.63) is 35.3 Å². The number of aromatic nitrogens is 1. The van der Waals surface area contributed by atoms with E-state index in [1.54, 1.807) is 11.3 Å². The van der Waals surface area contributed by atoms with Crippen molar-refractivity contribution >= 4 is 11.3 Å². The first kappa shape index (κ1) is 12.6. The van der Waals surface area contributed by atoms with Crippen molar-refractivity contribution in [2.45, 2.75) is 25.8 Å². The third-order valence-corrected chi connectivity index (χ3v) is 4.24. The zero-order valence-electron chi connectivity index (χ0n) is 11.1. The van der Waals surface area contributed by atoms with E-state index in [2.05, 4.69) is 22.8 Å². The number of rotatable bonds is 4. The van der Waals surface area contributed by atoms with Gasteiger partial charge in [-0.1, -0.05) is 12.1 Å². The van der Waals surface area contributed by atoms with Crippen LogP contribution in [0.2, 0.25) is 0 Å². The van der Waals surface area contributed by atoms with Gasteiger partial charge in [-0.25, -0.2) is 4.98 Å². The molecule has 1 atom stereocenters. The molecule has 0 radical (unpaired) electrons. The van der Waals surface area contributed by atoms with Crippen LogP contribution >= 0.6 is 11.3 Å². The lowest BCUT2D eigenvalue weighted by atomic mass is 10.2. The predicted molar refractivity (Wildman–Crippen MR) is 78.7 cm³/mol. The molecule has 1 aliphatic rings. The molecule has 0 spiro atoms. The number of nitrogens with zero attached hydrogens (tertiary/aromatic N) is 1. The molecule has 4 heteroatoms. The summed E-state index contributed by atoms with van der Waals surface area (Å²) in [5.41, 5.74) is 2.32. The molecule has 1 aromatic carbocycles. The smallest absolute Gasteiger partial charge is 0.123 e. The molecule has 100 valence electrons. The molecule has 0 aliphatic carbocycles. The molecule has 0 bridgehead atoms. The molecule has 1 aliphatic heterocycles. The maximum atomic E-state index is 5.54. The van der Waals surface area contributed by atoms with E-state index in [0.29, 0.717) is 12.6 Å².